The van der Waals surface area contributed by atoms with Crippen LogP contribution in [0.5, 0.6) is 0 Å². The van der Waals surface area contributed by atoms with E-state index < -0.39 is 0 Å². The fourth-order valence-corrected chi connectivity index (χ4v) is 4.34. The Labute approximate surface area is 167 Å². The molecule has 4 nitrogen and oxygen atoms in total. The molecule has 5 rings (SSSR count). The SMILES string of the molecule is NCCCc1ccc(-n2cnc3cnc4ccc(-c5cccs5)cc4c32)cc1. The molecule has 0 atom stereocenters. The van der Waals surface area contributed by atoms with Gasteiger partial charge in [-0.2, -0.15) is 0 Å². The van der Waals surface area contributed by atoms with Gasteiger partial charge >= 0.3 is 0 Å². The van der Waals surface area contributed by atoms with Crippen molar-refractivity contribution in [3.8, 4) is 16.1 Å². The van der Waals surface area contributed by atoms with Crippen LogP contribution in [0.4, 0.5) is 0 Å². The summed E-state index contributed by atoms with van der Waals surface area (Å²) in [6.07, 6.45) is 5.76. The second-order valence-corrected chi connectivity index (χ2v) is 7.82. The van der Waals surface area contributed by atoms with Crippen LogP contribution in [0.3, 0.4) is 0 Å². The average molecular weight is 385 g/mol. The highest BCUT2D eigenvalue weighted by molar-refractivity contribution is 7.13. The first-order valence-corrected chi connectivity index (χ1v) is 10.3. The van der Waals surface area contributed by atoms with Gasteiger partial charge in [0.05, 0.1) is 17.2 Å². The molecule has 3 aromatic heterocycles. The molecule has 0 saturated carbocycles. The molecule has 2 N–H and O–H groups in total. The molecule has 2 aromatic carbocycles. The van der Waals surface area contributed by atoms with Gasteiger partial charge in [-0.1, -0.05) is 24.3 Å². The normalized spacial score (nSPS) is 11.5. The maximum absolute atomic E-state index is 5.63. The van der Waals surface area contributed by atoms with Crippen LogP contribution in [0, 0.1) is 0 Å². The van der Waals surface area contributed by atoms with Gasteiger partial charge in [0.25, 0.3) is 0 Å². The maximum Gasteiger partial charge on any atom is 0.108 e. The third-order valence-electron chi connectivity index (χ3n) is 5.06. The maximum atomic E-state index is 5.63. The van der Waals surface area contributed by atoms with Crippen molar-refractivity contribution in [2.75, 3.05) is 6.54 Å². The molecule has 0 unspecified atom stereocenters. The Hall–Kier alpha value is -3.02. The zero-order valence-corrected chi connectivity index (χ0v) is 16.2. The topological polar surface area (TPSA) is 56.7 Å². The van der Waals surface area contributed by atoms with Crippen molar-refractivity contribution in [2.45, 2.75) is 12.8 Å². The highest BCUT2D eigenvalue weighted by Gasteiger charge is 2.11. The van der Waals surface area contributed by atoms with E-state index in [1.165, 1.54) is 16.0 Å². The molecule has 0 aliphatic rings. The van der Waals surface area contributed by atoms with Gasteiger partial charge in [0.1, 0.15) is 11.8 Å². The molecule has 3 heterocycles. The Morgan fingerprint density at radius 3 is 2.64 bits per heavy atom. The van der Waals surface area contributed by atoms with Crippen LogP contribution in [-0.4, -0.2) is 21.1 Å². The lowest BCUT2D eigenvalue weighted by Gasteiger charge is -2.09. The summed E-state index contributed by atoms with van der Waals surface area (Å²) >= 11 is 1.75. The third-order valence-corrected chi connectivity index (χ3v) is 5.98. The van der Waals surface area contributed by atoms with Gasteiger partial charge in [-0.15, -0.1) is 11.3 Å². The third kappa shape index (κ3) is 2.99. The van der Waals surface area contributed by atoms with E-state index in [9.17, 15) is 0 Å². The van der Waals surface area contributed by atoms with Crippen LogP contribution < -0.4 is 5.73 Å². The minimum atomic E-state index is 0.722. The Morgan fingerprint density at radius 2 is 1.86 bits per heavy atom. The molecule has 28 heavy (non-hydrogen) atoms. The Morgan fingerprint density at radius 1 is 0.964 bits per heavy atom. The number of nitrogens with zero attached hydrogens (tertiary/aromatic N) is 3. The smallest absolute Gasteiger partial charge is 0.108 e. The van der Waals surface area contributed by atoms with E-state index in [1.54, 1.807) is 11.3 Å². The van der Waals surface area contributed by atoms with E-state index in [4.69, 9.17) is 5.73 Å². The molecule has 0 bridgehead atoms. The summed E-state index contributed by atoms with van der Waals surface area (Å²) in [5.74, 6) is 0. The van der Waals surface area contributed by atoms with Gasteiger partial charge in [0.15, 0.2) is 0 Å². The van der Waals surface area contributed by atoms with Crippen molar-refractivity contribution in [2.24, 2.45) is 5.73 Å². The first-order valence-electron chi connectivity index (χ1n) is 9.42. The zero-order valence-electron chi connectivity index (χ0n) is 15.4. The average Bonchev–Trinajstić information content (AvgIpc) is 3.42. The van der Waals surface area contributed by atoms with Gasteiger partial charge in [0, 0.05) is 16.0 Å². The molecule has 0 spiro atoms. The zero-order chi connectivity index (χ0) is 18.9. The first-order chi connectivity index (χ1) is 13.8. The minimum absolute atomic E-state index is 0.722. The van der Waals surface area contributed by atoms with Crippen LogP contribution >= 0.6 is 11.3 Å². The Kier molecular flexibility index (Phi) is 4.39. The van der Waals surface area contributed by atoms with Crippen molar-refractivity contribution in [3.05, 3.63) is 78.1 Å². The van der Waals surface area contributed by atoms with Crippen LogP contribution in [0.25, 0.3) is 38.1 Å². The molecule has 0 fully saturated rings. The van der Waals surface area contributed by atoms with Crippen molar-refractivity contribution in [3.63, 3.8) is 0 Å². The monoisotopic (exact) mass is 384 g/mol. The number of hydrogen-bond acceptors (Lipinski definition) is 4. The van der Waals surface area contributed by atoms with Gasteiger partial charge in [-0.05, 0) is 66.2 Å². The van der Waals surface area contributed by atoms with Crippen LogP contribution in [0.1, 0.15) is 12.0 Å². The Bertz CT molecular complexity index is 1240. The molecular weight excluding hydrogens is 364 g/mol. The number of hydrogen-bond donors (Lipinski definition) is 1. The number of aromatic nitrogens is 3. The lowest BCUT2D eigenvalue weighted by Crippen LogP contribution is -2.00. The number of rotatable bonds is 5. The predicted octanol–water partition coefficient (Wildman–Crippen LogP) is 5.19. The molecule has 0 aliphatic carbocycles. The van der Waals surface area contributed by atoms with Gasteiger partial charge < -0.3 is 5.73 Å². The lowest BCUT2D eigenvalue weighted by atomic mass is 10.1. The van der Waals surface area contributed by atoms with Gasteiger partial charge in [-0.25, -0.2) is 4.98 Å². The quantitative estimate of drug-likeness (QED) is 0.453. The molecule has 0 aliphatic heterocycles. The van der Waals surface area contributed by atoms with Crippen molar-refractivity contribution in [1.29, 1.82) is 0 Å². The summed E-state index contributed by atoms with van der Waals surface area (Å²) in [6.45, 7) is 0.722. The Balaban J connectivity index is 1.66. The largest absolute Gasteiger partial charge is 0.330 e. The minimum Gasteiger partial charge on any atom is -0.330 e. The number of pyridine rings is 1. The summed E-state index contributed by atoms with van der Waals surface area (Å²) in [4.78, 5) is 10.5. The van der Waals surface area contributed by atoms with Crippen molar-refractivity contribution >= 4 is 33.3 Å². The summed E-state index contributed by atoms with van der Waals surface area (Å²) < 4.78 is 2.16. The van der Waals surface area contributed by atoms with Crippen LogP contribution in [0.2, 0.25) is 0 Å². The van der Waals surface area contributed by atoms with Gasteiger partial charge in [-0.3, -0.25) is 9.55 Å². The number of thiophene rings is 1. The highest BCUT2D eigenvalue weighted by atomic mass is 32.1. The molecule has 0 saturated heterocycles. The van der Waals surface area contributed by atoms with Crippen LogP contribution in [-0.2, 0) is 6.42 Å². The standard InChI is InChI=1S/C23H20N4S/c24-11-1-3-16-5-8-18(9-6-16)27-15-26-21-14-25-20-10-7-17(13-19(20)23(21)27)22-4-2-12-28-22/h2,4-10,12-15H,1,3,11,24H2. The number of fused-ring (bicyclic) bond motifs is 3. The van der Waals surface area contributed by atoms with Crippen LogP contribution in [0.15, 0.2) is 72.5 Å². The van der Waals surface area contributed by atoms with E-state index in [-0.39, 0.29) is 0 Å². The van der Waals surface area contributed by atoms with Crippen molar-refractivity contribution < 1.29 is 0 Å². The van der Waals surface area contributed by atoms with E-state index in [0.29, 0.717) is 0 Å². The molecule has 0 radical (unpaired) electrons. The number of benzene rings is 2. The molecule has 5 aromatic rings. The number of nitrogens with two attached hydrogens (primary N) is 1. The fourth-order valence-electron chi connectivity index (χ4n) is 3.61. The summed E-state index contributed by atoms with van der Waals surface area (Å²) in [6, 6.07) is 19.4. The number of aryl methyl sites for hydroxylation is 1. The predicted molar refractivity (Wildman–Crippen MR) is 117 cm³/mol. The highest BCUT2D eigenvalue weighted by Crippen LogP contribution is 2.31. The summed E-state index contributed by atoms with van der Waals surface area (Å²) in [5, 5.41) is 3.22. The first kappa shape index (κ1) is 17.1. The second-order valence-electron chi connectivity index (χ2n) is 6.87. The van der Waals surface area contributed by atoms with Gasteiger partial charge in [0.2, 0.25) is 0 Å². The molecule has 138 valence electrons. The molecule has 5 heteroatoms. The summed E-state index contributed by atoms with van der Waals surface area (Å²) in [5.41, 5.74) is 12.2. The van der Waals surface area contributed by atoms with E-state index in [1.807, 2.05) is 12.5 Å². The van der Waals surface area contributed by atoms with E-state index >= 15 is 0 Å². The van der Waals surface area contributed by atoms with E-state index in [2.05, 4.69) is 74.5 Å². The molecular formula is C23H20N4S. The fraction of sp³-hybridized carbons (Fsp3) is 0.130. The number of imidazole rings is 1. The van der Waals surface area contributed by atoms with E-state index in [0.717, 1.165) is 47.0 Å². The molecule has 0 amide bonds. The summed E-state index contributed by atoms with van der Waals surface area (Å²) in [7, 11) is 0. The lowest BCUT2D eigenvalue weighted by molar-refractivity contribution is 0.832. The second kappa shape index (κ2) is 7.19. The van der Waals surface area contributed by atoms with Crippen molar-refractivity contribution in [1.82, 2.24) is 14.5 Å².